The first-order chi connectivity index (χ1) is 12.6. The van der Waals surface area contributed by atoms with Crippen LogP contribution in [0, 0.1) is 17.0 Å². The molecule has 128 valence electrons. The molecular formula is C16H12N8O2. The molecule has 4 rings (SSSR count). The van der Waals surface area contributed by atoms with Crippen molar-refractivity contribution in [2.24, 2.45) is 0 Å². The summed E-state index contributed by atoms with van der Waals surface area (Å²) in [6.07, 6.45) is 5.81. The number of hydrogen-bond acceptors (Lipinski definition) is 8. The van der Waals surface area contributed by atoms with Gasteiger partial charge in [0.1, 0.15) is 29.6 Å². The largest absolute Gasteiger partial charge is 0.341 e. The van der Waals surface area contributed by atoms with Crippen molar-refractivity contribution in [3.63, 3.8) is 0 Å². The van der Waals surface area contributed by atoms with Gasteiger partial charge >= 0.3 is 0 Å². The number of hydrogen-bond donors (Lipinski definition) is 2. The molecule has 0 aliphatic heterocycles. The highest BCUT2D eigenvalue weighted by molar-refractivity contribution is 5.91. The van der Waals surface area contributed by atoms with Crippen molar-refractivity contribution in [2.45, 2.75) is 6.92 Å². The highest BCUT2D eigenvalue weighted by atomic mass is 16.6. The third kappa shape index (κ3) is 2.69. The Kier molecular flexibility index (Phi) is 3.69. The smallest absolute Gasteiger partial charge is 0.289 e. The van der Waals surface area contributed by atoms with Crippen molar-refractivity contribution < 1.29 is 4.92 Å². The van der Waals surface area contributed by atoms with Gasteiger partial charge in [-0.3, -0.25) is 15.1 Å². The lowest BCUT2D eigenvalue weighted by atomic mass is 10.1. The summed E-state index contributed by atoms with van der Waals surface area (Å²) in [4.78, 5) is 34.5. The minimum atomic E-state index is -0.491. The van der Waals surface area contributed by atoms with Crippen molar-refractivity contribution in [3.05, 3.63) is 59.1 Å². The molecule has 10 nitrogen and oxygen atoms in total. The predicted octanol–water partition coefficient (Wildman–Crippen LogP) is 2.77. The van der Waals surface area contributed by atoms with E-state index in [4.69, 9.17) is 0 Å². The summed E-state index contributed by atoms with van der Waals surface area (Å²) < 4.78 is 0. The molecule has 0 atom stereocenters. The summed E-state index contributed by atoms with van der Waals surface area (Å²) in [6, 6.07) is 5.05. The molecule has 0 saturated heterocycles. The normalized spacial score (nSPS) is 10.8. The molecule has 0 aromatic carbocycles. The molecule has 0 amide bonds. The number of H-pyrrole nitrogens is 1. The molecule has 4 aromatic heterocycles. The van der Waals surface area contributed by atoms with Crippen LogP contribution in [0.3, 0.4) is 0 Å². The Labute approximate surface area is 146 Å². The molecule has 26 heavy (non-hydrogen) atoms. The summed E-state index contributed by atoms with van der Waals surface area (Å²) in [5.74, 6) is 0.493. The number of aryl methyl sites for hydroxylation is 1. The quantitative estimate of drug-likeness (QED) is 0.424. The number of nitrogens with one attached hydrogen (secondary N) is 2. The fourth-order valence-corrected chi connectivity index (χ4v) is 2.54. The van der Waals surface area contributed by atoms with Gasteiger partial charge in [0, 0.05) is 17.8 Å². The van der Waals surface area contributed by atoms with Crippen LogP contribution in [0.5, 0.6) is 0 Å². The lowest BCUT2D eigenvalue weighted by Crippen LogP contribution is -2.02. The maximum Gasteiger partial charge on any atom is 0.289 e. The Morgan fingerprint density at radius 2 is 2.08 bits per heavy atom. The third-order valence-corrected chi connectivity index (χ3v) is 3.82. The van der Waals surface area contributed by atoms with E-state index in [1.807, 2.05) is 6.07 Å². The average Bonchev–Trinajstić information content (AvgIpc) is 3.12. The maximum atomic E-state index is 11.0. The van der Waals surface area contributed by atoms with E-state index < -0.39 is 4.92 Å². The molecule has 4 aromatic rings. The van der Waals surface area contributed by atoms with E-state index in [-0.39, 0.29) is 5.69 Å². The topological polar surface area (TPSA) is 135 Å². The van der Waals surface area contributed by atoms with Crippen LogP contribution in [-0.4, -0.2) is 34.8 Å². The Bertz CT molecular complexity index is 1120. The highest BCUT2D eigenvalue weighted by Gasteiger charge is 2.16. The Balaban J connectivity index is 1.82. The van der Waals surface area contributed by atoms with Gasteiger partial charge in [0.2, 0.25) is 0 Å². The molecule has 0 aliphatic carbocycles. The highest BCUT2D eigenvalue weighted by Crippen LogP contribution is 2.31. The van der Waals surface area contributed by atoms with Crippen LogP contribution in [0.15, 0.2) is 43.2 Å². The Morgan fingerprint density at radius 3 is 2.92 bits per heavy atom. The monoisotopic (exact) mass is 348 g/mol. The van der Waals surface area contributed by atoms with Crippen molar-refractivity contribution in [2.75, 3.05) is 5.32 Å². The second-order valence-electron chi connectivity index (χ2n) is 5.43. The molecule has 0 spiro atoms. The van der Waals surface area contributed by atoms with Crippen LogP contribution >= 0.6 is 0 Å². The van der Waals surface area contributed by atoms with Crippen molar-refractivity contribution >= 4 is 28.4 Å². The zero-order valence-corrected chi connectivity index (χ0v) is 13.5. The first kappa shape index (κ1) is 15.6. The van der Waals surface area contributed by atoms with Crippen molar-refractivity contribution in [1.29, 1.82) is 0 Å². The fourth-order valence-electron chi connectivity index (χ4n) is 2.54. The summed E-state index contributed by atoms with van der Waals surface area (Å²) in [6.45, 7) is 1.76. The van der Waals surface area contributed by atoms with Gasteiger partial charge in [-0.15, -0.1) is 0 Å². The molecule has 4 heterocycles. The average molecular weight is 348 g/mol. The lowest BCUT2D eigenvalue weighted by molar-refractivity contribution is -0.385. The standard InChI is InChI=1S/C16H12N8O2/c1-9-12(5-10(6-18-9)24(25)26)23-15-11(3-2-4-17-15)13-14-16(21-7-19-13)22-8-20-14/h2-8H,1H3,(H,17,23)(H,19,20,21,22). The van der Waals surface area contributed by atoms with Gasteiger partial charge in [-0.25, -0.2) is 19.9 Å². The number of anilines is 2. The molecule has 0 radical (unpaired) electrons. The van der Waals surface area contributed by atoms with Crippen LogP contribution in [0.25, 0.3) is 22.4 Å². The molecule has 2 N–H and O–H groups in total. The van der Waals surface area contributed by atoms with Gasteiger partial charge < -0.3 is 10.3 Å². The van der Waals surface area contributed by atoms with Crippen molar-refractivity contribution in [1.82, 2.24) is 29.9 Å². The number of imidazole rings is 1. The van der Waals surface area contributed by atoms with Crippen LogP contribution in [0.2, 0.25) is 0 Å². The third-order valence-electron chi connectivity index (χ3n) is 3.82. The number of rotatable bonds is 4. The lowest BCUT2D eigenvalue weighted by Gasteiger charge is -2.12. The van der Waals surface area contributed by atoms with Gasteiger partial charge in [-0.2, -0.15) is 0 Å². The van der Waals surface area contributed by atoms with Crippen LogP contribution < -0.4 is 5.32 Å². The Hall–Kier alpha value is -3.95. The van der Waals surface area contributed by atoms with E-state index in [9.17, 15) is 10.1 Å². The summed E-state index contributed by atoms with van der Waals surface area (Å²) in [5, 5.41) is 14.1. The molecule has 0 fully saturated rings. The number of nitrogens with zero attached hydrogens (tertiary/aromatic N) is 6. The van der Waals surface area contributed by atoms with Crippen LogP contribution in [0.4, 0.5) is 17.2 Å². The van der Waals surface area contributed by atoms with E-state index in [0.29, 0.717) is 39.6 Å². The van der Waals surface area contributed by atoms with Crippen LogP contribution in [-0.2, 0) is 0 Å². The number of aromatic amines is 1. The SMILES string of the molecule is Cc1ncc([N+](=O)[O-])cc1Nc1ncccc1-c1ncnc2nc[nH]c12. The summed E-state index contributed by atoms with van der Waals surface area (Å²) in [7, 11) is 0. The molecule has 0 unspecified atom stereocenters. The van der Waals surface area contributed by atoms with Gasteiger partial charge in [0.15, 0.2) is 5.65 Å². The predicted molar refractivity (Wildman–Crippen MR) is 93.8 cm³/mol. The van der Waals surface area contributed by atoms with Crippen LogP contribution in [0.1, 0.15) is 5.69 Å². The zero-order chi connectivity index (χ0) is 18.1. The van der Waals surface area contributed by atoms with Crippen molar-refractivity contribution in [3.8, 4) is 11.3 Å². The van der Waals surface area contributed by atoms with Gasteiger partial charge in [-0.1, -0.05) is 0 Å². The zero-order valence-electron chi connectivity index (χ0n) is 13.5. The summed E-state index contributed by atoms with van der Waals surface area (Å²) in [5.41, 5.74) is 3.55. The second kappa shape index (κ2) is 6.16. The molecular weight excluding hydrogens is 336 g/mol. The molecule has 10 heteroatoms. The number of fused-ring (bicyclic) bond motifs is 1. The molecule has 0 bridgehead atoms. The molecule has 0 aliphatic rings. The number of aromatic nitrogens is 6. The maximum absolute atomic E-state index is 11.0. The van der Waals surface area contributed by atoms with E-state index in [2.05, 4.69) is 35.2 Å². The van der Waals surface area contributed by atoms with E-state index in [1.165, 1.54) is 18.6 Å². The Morgan fingerprint density at radius 1 is 1.19 bits per heavy atom. The summed E-state index contributed by atoms with van der Waals surface area (Å²) >= 11 is 0. The fraction of sp³-hybridized carbons (Fsp3) is 0.0625. The number of pyridine rings is 2. The van der Waals surface area contributed by atoms with E-state index in [1.54, 1.807) is 25.5 Å². The second-order valence-corrected chi connectivity index (χ2v) is 5.43. The minimum Gasteiger partial charge on any atom is -0.341 e. The van der Waals surface area contributed by atoms with E-state index >= 15 is 0 Å². The van der Waals surface area contributed by atoms with E-state index in [0.717, 1.165) is 0 Å². The van der Waals surface area contributed by atoms with Gasteiger partial charge in [-0.05, 0) is 19.1 Å². The first-order valence-corrected chi connectivity index (χ1v) is 7.61. The number of nitro groups is 1. The van der Waals surface area contributed by atoms with Gasteiger partial charge in [0.05, 0.1) is 22.6 Å². The first-order valence-electron chi connectivity index (χ1n) is 7.61. The minimum absolute atomic E-state index is 0.103. The molecule has 0 saturated carbocycles. The van der Waals surface area contributed by atoms with Gasteiger partial charge in [0.25, 0.3) is 5.69 Å².